The van der Waals surface area contributed by atoms with Crippen molar-refractivity contribution in [2.24, 2.45) is 5.64 Å². The molecule has 0 saturated heterocycles. The highest BCUT2D eigenvalue weighted by Gasteiger charge is 2.02. The normalized spacial score (nSPS) is 7.83. The summed E-state index contributed by atoms with van der Waals surface area (Å²) in [4.78, 5) is 0. The van der Waals surface area contributed by atoms with E-state index in [9.17, 15) is 0 Å². The average molecular weight is 87.7 g/mol. The number of hydrogen-bond acceptors (Lipinski definition) is 4. The van der Waals surface area contributed by atoms with E-state index in [4.69, 9.17) is 10.0 Å². The lowest BCUT2D eigenvalue weighted by Crippen LogP contribution is -2.30. The Morgan fingerprint density at radius 2 is 2.33 bits per heavy atom. The van der Waals surface area contributed by atoms with Crippen LogP contribution in [0.2, 0.25) is 0 Å². The van der Waals surface area contributed by atoms with Gasteiger partial charge in [-0.05, 0) is 0 Å². The molecule has 0 spiro atoms. The lowest BCUT2D eigenvalue weighted by atomic mass is 10.1. The van der Waals surface area contributed by atoms with Gasteiger partial charge in [0, 0.05) is 0 Å². The van der Waals surface area contributed by atoms with Crippen LogP contribution < -0.4 is 5.64 Å². The molecule has 0 aromatic rings. The summed E-state index contributed by atoms with van der Waals surface area (Å²) in [6, 6.07) is 0. The van der Waals surface area contributed by atoms with Crippen LogP contribution in [0.25, 0.3) is 0 Å². The zero-order valence-corrected chi connectivity index (χ0v) is 3.03. The van der Waals surface area contributed by atoms with Crippen LogP contribution in [-0.2, 0) is 4.57 Å². The second kappa shape index (κ2) is 3.17. The minimum atomic E-state index is -1.41. The molecular weight excluding hydrogens is 83.6 g/mol. The molecule has 0 aliphatic carbocycles. The van der Waals surface area contributed by atoms with Crippen molar-refractivity contribution in [2.75, 3.05) is 0 Å². The minimum Gasteiger partial charge on any atom is -0.439 e. The zero-order valence-electron chi connectivity index (χ0n) is 3.03. The summed E-state index contributed by atoms with van der Waals surface area (Å²) in [5, 5.41) is 15.6. The third-order valence-electron chi connectivity index (χ3n) is 0.200. The van der Waals surface area contributed by atoms with E-state index in [2.05, 4.69) is 10.2 Å². The van der Waals surface area contributed by atoms with Gasteiger partial charge < -0.3 is 20.3 Å². The summed E-state index contributed by atoms with van der Waals surface area (Å²) < 4.78 is 3.81. The lowest BCUT2D eigenvalue weighted by molar-refractivity contribution is 0.381. The first-order valence-electron chi connectivity index (χ1n) is 1.32. The molecule has 0 fully saturated rings. The van der Waals surface area contributed by atoms with Gasteiger partial charge in [0.2, 0.25) is 0 Å². The molecule has 0 heterocycles. The van der Waals surface area contributed by atoms with Crippen molar-refractivity contribution in [3.05, 3.63) is 0 Å². The van der Waals surface area contributed by atoms with Crippen LogP contribution in [-0.4, -0.2) is 25.0 Å². The van der Waals surface area contributed by atoms with E-state index in [-0.39, 0.29) is 0 Å². The maximum Gasteiger partial charge on any atom is 0.535 e. The molecule has 0 amide bonds. The topological polar surface area (TPSA) is 75.7 Å². The Bertz CT molecular complexity index is 30.0. The van der Waals surface area contributed by atoms with E-state index in [0.717, 1.165) is 0 Å². The smallest absolute Gasteiger partial charge is 0.439 e. The van der Waals surface area contributed by atoms with Crippen LogP contribution in [0.4, 0.5) is 0 Å². The SMILES string of the molecule is NB(O)O[B]O. The van der Waals surface area contributed by atoms with Crippen LogP contribution in [0.3, 0.4) is 0 Å². The fourth-order valence-electron chi connectivity index (χ4n) is 0.0624. The largest absolute Gasteiger partial charge is 0.535 e. The molecule has 33 valence electrons. The van der Waals surface area contributed by atoms with Gasteiger partial charge in [-0.25, -0.2) is 0 Å². The molecule has 1 radical (unpaired) electrons. The van der Waals surface area contributed by atoms with Crippen LogP contribution >= 0.6 is 0 Å². The van der Waals surface area contributed by atoms with Crippen LogP contribution in [0.15, 0.2) is 0 Å². The molecule has 0 unspecified atom stereocenters. The Labute approximate surface area is 36.4 Å². The number of nitrogens with two attached hydrogens (primary N) is 1. The Hall–Kier alpha value is -0.0301. The van der Waals surface area contributed by atoms with Crippen molar-refractivity contribution in [1.29, 1.82) is 0 Å². The van der Waals surface area contributed by atoms with Gasteiger partial charge in [0.15, 0.2) is 0 Å². The third-order valence-corrected chi connectivity index (χ3v) is 0.200. The fourth-order valence-corrected chi connectivity index (χ4v) is 0.0624. The van der Waals surface area contributed by atoms with Crippen molar-refractivity contribution in [3.63, 3.8) is 0 Å². The molecule has 0 aromatic heterocycles. The first-order valence-corrected chi connectivity index (χ1v) is 1.32. The molecule has 0 atom stereocenters. The number of hydrogen-bond donors (Lipinski definition) is 3. The van der Waals surface area contributed by atoms with Crippen molar-refractivity contribution >= 4 is 14.9 Å². The monoisotopic (exact) mass is 88.0 g/mol. The van der Waals surface area contributed by atoms with Crippen molar-refractivity contribution in [2.45, 2.75) is 0 Å². The third kappa shape index (κ3) is 3.97. The highest BCUT2D eigenvalue weighted by Crippen LogP contribution is 1.59. The van der Waals surface area contributed by atoms with Crippen molar-refractivity contribution < 1.29 is 14.6 Å². The minimum absolute atomic E-state index is 0.324. The maximum absolute atomic E-state index is 7.92. The lowest BCUT2D eigenvalue weighted by Gasteiger charge is -1.90. The summed E-state index contributed by atoms with van der Waals surface area (Å²) in [6.45, 7) is 0. The Balaban J connectivity index is 2.63. The summed E-state index contributed by atoms with van der Waals surface area (Å²) >= 11 is 0. The van der Waals surface area contributed by atoms with Crippen molar-refractivity contribution in [3.8, 4) is 0 Å². The molecule has 0 rings (SSSR count). The molecule has 0 aromatic carbocycles. The van der Waals surface area contributed by atoms with Gasteiger partial charge in [-0.3, -0.25) is 0 Å². The van der Waals surface area contributed by atoms with Crippen LogP contribution in [0, 0.1) is 0 Å². The van der Waals surface area contributed by atoms with Gasteiger partial charge in [0.25, 0.3) is 0 Å². The van der Waals surface area contributed by atoms with E-state index in [1.54, 1.807) is 0 Å². The van der Waals surface area contributed by atoms with Crippen molar-refractivity contribution in [1.82, 2.24) is 0 Å². The summed E-state index contributed by atoms with van der Waals surface area (Å²) in [5.41, 5.74) is 4.54. The zero-order chi connectivity index (χ0) is 4.99. The Morgan fingerprint density at radius 1 is 1.83 bits per heavy atom. The van der Waals surface area contributed by atoms with E-state index in [0.29, 0.717) is 7.69 Å². The molecule has 0 aliphatic heterocycles. The quantitative estimate of drug-likeness (QED) is 0.325. The fraction of sp³-hybridized carbons (Fsp3) is 0. The van der Waals surface area contributed by atoms with Gasteiger partial charge in [0.05, 0.1) is 0 Å². The van der Waals surface area contributed by atoms with Gasteiger partial charge in [0.1, 0.15) is 0 Å². The van der Waals surface area contributed by atoms with E-state index in [1.165, 1.54) is 0 Å². The van der Waals surface area contributed by atoms with Crippen LogP contribution in [0.5, 0.6) is 0 Å². The van der Waals surface area contributed by atoms with Gasteiger partial charge >= 0.3 is 14.9 Å². The second-order valence-electron chi connectivity index (χ2n) is 0.632. The Kier molecular flexibility index (Phi) is 3.16. The predicted molar refractivity (Wildman–Crippen MR) is 21.2 cm³/mol. The highest BCUT2D eigenvalue weighted by molar-refractivity contribution is 6.46. The second-order valence-corrected chi connectivity index (χ2v) is 0.632. The molecule has 6 heteroatoms. The maximum atomic E-state index is 7.92. The van der Waals surface area contributed by atoms with Gasteiger partial charge in [-0.2, -0.15) is 0 Å². The molecule has 4 N–H and O–H groups in total. The van der Waals surface area contributed by atoms with Gasteiger partial charge in [-0.1, -0.05) is 0 Å². The van der Waals surface area contributed by atoms with E-state index in [1.807, 2.05) is 0 Å². The van der Waals surface area contributed by atoms with E-state index >= 15 is 0 Å². The highest BCUT2D eigenvalue weighted by atomic mass is 16.5. The first kappa shape index (κ1) is 5.97. The van der Waals surface area contributed by atoms with Crippen LogP contribution in [0.1, 0.15) is 0 Å². The molecule has 4 nitrogen and oxygen atoms in total. The number of rotatable bonds is 2. The molecule has 0 aliphatic rings. The molecule has 6 heavy (non-hydrogen) atoms. The first-order chi connectivity index (χ1) is 2.77. The summed E-state index contributed by atoms with van der Waals surface area (Å²) in [5.74, 6) is 0. The average Bonchev–Trinajstić information content (AvgIpc) is 1.35. The van der Waals surface area contributed by atoms with Gasteiger partial charge in [-0.15, -0.1) is 0 Å². The Morgan fingerprint density at radius 3 is 2.33 bits per heavy atom. The summed E-state index contributed by atoms with van der Waals surface area (Å²) in [6.07, 6.45) is 0. The predicted octanol–water partition coefficient (Wildman–Crippen LogP) is -2.53. The molecule has 0 bridgehead atoms. The molecular formula is H4B2NO3. The standard InChI is InChI=1S/B2H4NO3/c3-2(5)6-1-4/h4-5H,3H2. The van der Waals surface area contributed by atoms with E-state index < -0.39 is 7.25 Å². The molecule has 0 saturated carbocycles. The summed E-state index contributed by atoms with van der Waals surface area (Å²) in [7, 11) is -1.08.